The van der Waals surface area contributed by atoms with Crippen LogP contribution in [-0.4, -0.2) is 49.6 Å². The van der Waals surface area contributed by atoms with Crippen molar-refractivity contribution in [2.45, 2.75) is 19.4 Å². The van der Waals surface area contributed by atoms with Crippen LogP contribution in [0.2, 0.25) is 0 Å². The first-order valence-electron chi connectivity index (χ1n) is 7.04. The lowest BCUT2D eigenvalue weighted by atomic mass is 9.70. The highest BCUT2D eigenvalue weighted by Gasteiger charge is 2.42. The Morgan fingerprint density at radius 1 is 1.38 bits per heavy atom. The van der Waals surface area contributed by atoms with Gasteiger partial charge in [-0.3, -0.25) is 0 Å². The molecule has 8 heteroatoms. The van der Waals surface area contributed by atoms with Gasteiger partial charge in [0, 0.05) is 25.2 Å². The fourth-order valence-corrected chi connectivity index (χ4v) is 2.93. The summed E-state index contributed by atoms with van der Waals surface area (Å²) in [6, 6.07) is 0.281. The lowest BCUT2D eigenvalue weighted by Crippen LogP contribution is -2.42. The molecule has 1 aliphatic carbocycles. The zero-order valence-electron chi connectivity index (χ0n) is 11.8. The number of anilines is 1. The van der Waals surface area contributed by atoms with Crippen LogP contribution in [0.1, 0.15) is 19.4 Å². The zero-order chi connectivity index (χ0) is 15.0. The highest BCUT2D eigenvalue weighted by Crippen LogP contribution is 2.44. The number of nitrogens with two attached hydrogens (primary N) is 1. The van der Waals surface area contributed by atoms with Gasteiger partial charge in [-0.05, 0) is 19.3 Å². The largest absolute Gasteiger partial charge is 0.464 e. The summed E-state index contributed by atoms with van der Waals surface area (Å²) < 4.78 is 7.21. The van der Waals surface area contributed by atoms with Crippen molar-refractivity contribution in [2.24, 2.45) is 11.8 Å². The SMILES string of the molecule is CCOc1nc(N)c2ncn([C@@H]3C[C@H](CO)[C@H]3CO)c2n1. The summed E-state index contributed by atoms with van der Waals surface area (Å²) in [5, 5.41) is 18.8. The summed E-state index contributed by atoms with van der Waals surface area (Å²) in [6.45, 7) is 2.40. The van der Waals surface area contributed by atoms with E-state index in [-0.39, 0.29) is 42.9 Å². The fourth-order valence-electron chi connectivity index (χ4n) is 2.93. The van der Waals surface area contributed by atoms with Crippen LogP contribution in [0, 0.1) is 11.8 Å². The molecule has 2 aromatic heterocycles. The van der Waals surface area contributed by atoms with E-state index in [0.29, 0.717) is 17.8 Å². The van der Waals surface area contributed by atoms with E-state index in [1.54, 1.807) is 6.33 Å². The molecular formula is C13H19N5O3. The predicted molar refractivity (Wildman–Crippen MR) is 75.7 cm³/mol. The van der Waals surface area contributed by atoms with Gasteiger partial charge >= 0.3 is 6.01 Å². The van der Waals surface area contributed by atoms with Crippen molar-refractivity contribution < 1.29 is 14.9 Å². The number of rotatable bonds is 5. The molecule has 3 rings (SSSR count). The molecule has 1 saturated carbocycles. The Kier molecular flexibility index (Phi) is 3.64. The van der Waals surface area contributed by atoms with Crippen molar-refractivity contribution in [3.8, 4) is 6.01 Å². The Hall–Kier alpha value is -1.93. The molecule has 0 saturated heterocycles. The van der Waals surface area contributed by atoms with E-state index in [0.717, 1.165) is 6.42 Å². The molecule has 4 N–H and O–H groups in total. The van der Waals surface area contributed by atoms with Gasteiger partial charge < -0.3 is 25.3 Å². The maximum Gasteiger partial charge on any atom is 0.320 e. The molecule has 3 atom stereocenters. The molecule has 0 radical (unpaired) electrons. The topological polar surface area (TPSA) is 119 Å². The number of nitrogen functional groups attached to an aromatic ring is 1. The van der Waals surface area contributed by atoms with Gasteiger partial charge in [0.1, 0.15) is 0 Å². The Morgan fingerprint density at radius 3 is 2.86 bits per heavy atom. The van der Waals surface area contributed by atoms with Crippen LogP contribution >= 0.6 is 0 Å². The van der Waals surface area contributed by atoms with Crippen molar-refractivity contribution >= 4 is 17.0 Å². The van der Waals surface area contributed by atoms with Crippen LogP contribution in [0.4, 0.5) is 5.82 Å². The molecule has 0 aliphatic heterocycles. The second kappa shape index (κ2) is 5.45. The smallest absolute Gasteiger partial charge is 0.320 e. The maximum atomic E-state index is 9.50. The van der Waals surface area contributed by atoms with E-state index < -0.39 is 0 Å². The number of fused-ring (bicyclic) bond motifs is 1. The number of ether oxygens (including phenoxy) is 1. The van der Waals surface area contributed by atoms with E-state index in [9.17, 15) is 10.2 Å². The minimum Gasteiger partial charge on any atom is -0.464 e. The third kappa shape index (κ3) is 2.20. The minimum atomic E-state index is -0.000802. The van der Waals surface area contributed by atoms with E-state index in [1.165, 1.54) is 0 Å². The van der Waals surface area contributed by atoms with Crippen LogP contribution in [-0.2, 0) is 0 Å². The van der Waals surface area contributed by atoms with E-state index in [1.807, 2.05) is 11.5 Å². The molecule has 0 spiro atoms. The van der Waals surface area contributed by atoms with Gasteiger partial charge in [0.05, 0.1) is 12.9 Å². The predicted octanol–water partition coefficient (Wildman–Crippen LogP) is -0.0310. The van der Waals surface area contributed by atoms with Crippen LogP contribution in [0.3, 0.4) is 0 Å². The maximum absolute atomic E-state index is 9.50. The minimum absolute atomic E-state index is 0.000802. The lowest BCUT2D eigenvalue weighted by Gasteiger charge is -2.43. The summed E-state index contributed by atoms with van der Waals surface area (Å²) >= 11 is 0. The molecule has 0 bridgehead atoms. The number of aliphatic hydroxyl groups is 2. The van der Waals surface area contributed by atoms with Gasteiger partial charge in [0.2, 0.25) is 0 Å². The summed E-state index contributed by atoms with van der Waals surface area (Å²) in [5.41, 5.74) is 7.02. The highest BCUT2D eigenvalue weighted by molar-refractivity contribution is 5.82. The summed E-state index contributed by atoms with van der Waals surface area (Å²) in [4.78, 5) is 12.7. The summed E-state index contributed by atoms with van der Waals surface area (Å²) in [7, 11) is 0. The van der Waals surface area contributed by atoms with E-state index >= 15 is 0 Å². The molecule has 21 heavy (non-hydrogen) atoms. The Balaban J connectivity index is 2.00. The van der Waals surface area contributed by atoms with Crippen molar-refractivity contribution in [2.75, 3.05) is 25.6 Å². The Morgan fingerprint density at radius 2 is 2.19 bits per heavy atom. The van der Waals surface area contributed by atoms with Crippen LogP contribution in [0.5, 0.6) is 6.01 Å². The number of nitrogens with zero attached hydrogens (tertiary/aromatic N) is 4. The first kappa shape index (κ1) is 14.0. The quantitative estimate of drug-likeness (QED) is 0.708. The van der Waals surface area contributed by atoms with Crippen LogP contribution in [0.15, 0.2) is 6.33 Å². The highest BCUT2D eigenvalue weighted by atomic mass is 16.5. The number of hydrogen-bond donors (Lipinski definition) is 3. The first-order valence-corrected chi connectivity index (χ1v) is 7.04. The number of aromatic nitrogens is 4. The van der Waals surface area contributed by atoms with Crippen LogP contribution in [0.25, 0.3) is 11.2 Å². The summed E-state index contributed by atoms with van der Waals surface area (Å²) in [5.74, 6) is 0.392. The van der Waals surface area contributed by atoms with E-state index in [4.69, 9.17) is 10.5 Å². The van der Waals surface area contributed by atoms with Crippen molar-refractivity contribution in [3.05, 3.63) is 6.33 Å². The third-order valence-corrected chi connectivity index (χ3v) is 4.15. The Labute approximate surface area is 121 Å². The first-order chi connectivity index (χ1) is 10.2. The average Bonchev–Trinajstić information content (AvgIpc) is 2.83. The molecule has 0 aromatic carbocycles. The van der Waals surface area contributed by atoms with Gasteiger partial charge in [0.25, 0.3) is 0 Å². The second-order valence-corrected chi connectivity index (χ2v) is 5.24. The van der Waals surface area contributed by atoms with Crippen LogP contribution < -0.4 is 10.5 Å². The number of hydrogen-bond acceptors (Lipinski definition) is 7. The molecule has 1 aliphatic rings. The van der Waals surface area contributed by atoms with Gasteiger partial charge in [0.15, 0.2) is 17.0 Å². The van der Waals surface area contributed by atoms with Crippen molar-refractivity contribution in [1.29, 1.82) is 0 Å². The molecule has 1 fully saturated rings. The molecule has 0 amide bonds. The van der Waals surface area contributed by atoms with Gasteiger partial charge in [-0.2, -0.15) is 9.97 Å². The standard InChI is InChI=1S/C13H19N5O3/c1-2-21-13-16-11(14)10-12(17-13)18(6-15-10)9-3-7(4-19)8(9)5-20/h6-9,19-20H,2-5H2,1H3,(H2,14,16,17)/t7-,8-,9-/m1/s1. The second-order valence-electron chi connectivity index (χ2n) is 5.24. The number of aliphatic hydroxyl groups excluding tert-OH is 2. The molecular weight excluding hydrogens is 274 g/mol. The summed E-state index contributed by atoms with van der Waals surface area (Å²) in [6.07, 6.45) is 2.44. The van der Waals surface area contributed by atoms with Gasteiger partial charge in [-0.1, -0.05) is 0 Å². The molecule has 0 unspecified atom stereocenters. The monoisotopic (exact) mass is 293 g/mol. The molecule has 8 nitrogen and oxygen atoms in total. The van der Waals surface area contributed by atoms with E-state index in [2.05, 4.69) is 15.0 Å². The lowest BCUT2D eigenvalue weighted by molar-refractivity contribution is -0.00531. The molecule has 2 aromatic rings. The van der Waals surface area contributed by atoms with Crippen molar-refractivity contribution in [3.63, 3.8) is 0 Å². The number of imidazole rings is 1. The normalized spacial score (nSPS) is 25.0. The third-order valence-electron chi connectivity index (χ3n) is 4.15. The fraction of sp³-hybridized carbons (Fsp3) is 0.615. The zero-order valence-corrected chi connectivity index (χ0v) is 11.8. The average molecular weight is 293 g/mol. The van der Waals surface area contributed by atoms with Crippen molar-refractivity contribution in [1.82, 2.24) is 19.5 Å². The molecule has 2 heterocycles. The van der Waals surface area contributed by atoms with Gasteiger partial charge in [-0.15, -0.1) is 0 Å². The molecule has 114 valence electrons. The van der Waals surface area contributed by atoms with Gasteiger partial charge in [-0.25, -0.2) is 4.98 Å². The Bertz CT molecular complexity index is 644.